The maximum atomic E-state index is 8.77. The Balaban J connectivity index is 0.000000487. The van der Waals surface area contributed by atoms with Crippen molar-refractivity contribution < 1.29 is 5.11 Å². The van der Waals surface area contributed by atoms with Crippen molar-refractivity contribution >= 4 is 5.69 Å². The van der Waals surface area contributed by atoms with Gasteiger partial charge in [0.25, 0.3) is 0 Å². The second-order valence-corrected chi connectivity index (χ2v) is 3.23. The lowest BCUT2D eigenvalue weighted by Gasteiger charge is -2.04. The van der Waals surface area contributed by atoms with E-state index in [0.29, 0.717) is 0 Å². The molecular weight excluding hydrogens is 198 g/mol. The van der Waals surface area contributed by atoms with E-state index in [9.17, 15) is 0 Å². The van der Waals surface area contributed by atoms with Crippen LogP contribution in [0.25, 0.3) is 0 Å². The summed E-state index contributed by atoms with van der Waals surface area (Å²) in [5.41, 5.74) is 2.83. The number of nitrogens with one attached hydrogen (secondary N) is 1. The monoisotopic (exact) mass is 217 g/mol. The Morgan fingerprint density at radius 3 is 2.06 bits per heavy atom. The molecule has 0 aliphatic carbocycles. The number of hydrogen-bond acceptors (Lipinski definition) is 2. The van der Waals surface area contributed by atoms with Crippen molar-refractivity contribution in [1.29, 1.82) is 0 Å². The Morgan fingerprint density at radius 2 is 1.75 bits per heavy atom. The van der Waals surface area contributed by atoms with Gasteiger partial charge >= 0.3 is 0 Å². The van der Waals surface area contributed by atoms with Gasteiger partial charge < -0.3 is 10.4 Å². The van der Waals surface area contributed by atoms with Gasteiger partial charge in [0, 0.05) is 11.4 Å². The zero-order chi connectivity index (χ0) is 12.4. The third kappa shape index (κ3) is 6.62. The Kier molecular flexibility index (Phi) is 7.55. The highest BCUT2D eigenvalue weighted by molar-refractivity contribution is 5.48. The zero-order valence-electron chi connectivity index (χ0n) is 9.74. The van der Waals surface area contributed by atoms with Crippen LogP contribution in [0.2, 0.25) is 0 Å². The fourth-order valence-corrected chi connectivity index (χ4v) is 0.940. The number of allylic oxidation sites excluding steroid dienone is 3. The van der Waals surface area contributed by atoms with E-state index in [1.165, 1.54) is 0 Å². The van der Waals surface area contributed by atoms with E-state index in [1.807, 2.05) is 31.2 Å². The van der Waals surface area contributed by atoms with Crippen LogP contribution in [0.1, 0.15) is 12.5 Å². The predicted molar refractivity (Wildman–Crippen MR) is 71.2 cm³/mol. The molecule has 0 amide bonds. The van der Waals surface area contributed by atoms with Gasteiger partial charge in [-0.3, -0.25) is 0 Å². The van der Waals surface area contributed by atoms with Crippen LogP contribution in [-0.2, 0) is 6.61 Å². The molecule has 1 aromatic rings. The van der Waals surface area contributed by atoms with Crippen molar-refractivity contribution in [2.45, 2.75) is 13.5 Å². The molecule has 2 heteroatoms. The molecule has 0 aliphatic heterocycles. The van der Waals surface area contributed by atoms with Crippen LogP contribution in [0, 0.1) is 0 Å². The van der Waals surface area contributed by atoms with Gasteiger partial charge in [0.15, 0.2) is 0 Å². The van der Waals surface area contributed by atoms with E-state index in [1.54, 1.807) is 12.2 Å². The van der Waals surface area contributed by atoms with Gasteiger partial charge in [-0.15, -0.1) is 0 Å². The fraction of sp³-hybridized carbons (Fsp3) is 0.143. The summed E-state index contributed by atoms with van der Waals surface area (Å²) in [5, 5.41) is 11.9. The lowest BCUT2D eigenvalue weighted by Crippen LogP contribution is -1.93. The average molecular weight is 217 g/mol. The smallest absolute Gasteiger partial charge is 0.0681 e. The van der Waals surface area contributed by atoms with Crippen LogP contribution >= 0.6 is 0 Å². The molecule has 0 saturated heterocycles. The average Bonchev–Trinajstić information content (AvgIpc) is 2.30. The summed E-state index contributed by atoms with van der Waals surface area (Å²) in [7, 11) is 0. The highest BCUT2D eigenvalue weighted by Gasteiger charge is 1.91. The molecule has 0 fully saturated rings. The molecule has 1 rings (SSSR count). The molecule has 0 aromatic heterocycles. The van der Waals surface area contributed by atoms with E-state index in [4.69, 9.17) is 5.11 Å². The Labute approximate surface area is 97.6 Å². The molecule has 86 valence electrons. The van der Waals surface area contributed by atoms with Gasteiger partial charge in [-0.25, -0.2) is 0 Å². The van der Waals surface area contributed by atoms with Crippen molar-refractivity contribution in [2.24, 2.45) is 0 Å². The highest BCUT2D eigenvalue weighted by Crippen LogP contribution is 2.10. The summed E-state index contributed by atoms with van der Waals surface area (Å²) in [6, 6.07) is 7.59. The third-order valence-corrected chi connectivity index (χ3v) is 1.66. The van der Waals surface area contributed by atoms with Crippen molar-refractivity contribution in [2.75, 3.05) is 5.32 Å². The Bertz CT molecular complexity index is 332. The maximum Gasteiger partial charge on any atom is 0.0681 e. The molecule has 2 N–H and O–H groups in total. The van der Waals surface area contributed by atoms with E-state index < -0.39 is 0 Å². The van der Waals surface area contributed by atoms with E-state index >= 15 is 0 Å². The molecule has 16 heavy (non-hydrogen) atoms. The van der Waals surface area contributed by atoms with E-state index in [-0.39, 0.29) is 6.61 Å². The van der Waals surface area contributed by atoms with Gasteiger partial charge in [0.05, 0.1) is 6.61 Å². The third-order valence-electron chi connectivity index (χ3n) is 1.66. The molecule has 1 aromatic carbocycles. The molecule has 2 nitrogen and oxygen atoms in total. The molecule has 0 atom stereocenters. The lowest BCUT2D eigenvalue weighted by molar-refractivity contribution is 0.282. The summed E-state index contributed by atoms with van der Waals surface area (Å²) in [5.74, 6) is 0. The molecule has 0 heterocycles. The van der Waals surface area contributed by atoms with Crippen LogP contribution in [0.5, 0.6) is 0 Å². The first-order valence-electron chi connectivity index (χ1n) is 4.99. The summed E-state index contributed by atoms with van der Waals surface area (Å²) in [6.07, 6.45) is 3.28. The van der Waals surface area contributed by atoms with Gasteiger partial charge in [0.2, 0.25) is 0 Å². The van der Waals surface area contributed by atoms with Crippen LogP contribution in [0.15, 0.2) is 61.9 Å². The Hall–Kier alpha value is -1.80. The number of aliphatic hydroxyl groups excluding tert-OH is 1. The van der Waals surface area contributed by atoms with Crippen molar-refractivity contribution in [3.8, 4) is 0 Å². The van der Waals surface area contributed by atoms with Crippen LogP contribution in [0.4, 0.5) is 5.69 Å². The second kappa shape index (κ2) is 8.50. The number of anilines is 1. The van der Waals surface area contributed by atoms with Crippen LogP contribution in [0.3, 0.4) is 0 Å². The number of aliphatic hydroxyl groups is 1. The van der Waals surface area contributed by atoms with Gasteiger partial charge in [-0.2, -0.15) is 0 Å². The topological polar surface area (TPSA) is 32.3 Å². The SMILES string of the molecule is C=C(C)Nc1ccc(CO)cc1.C=CC=C. The van der Waals surface area contributed by atoms with E-state index in [2.05, 4.69) is 25.1 Å². The molecule has 0 spiro atoms. The summed E-state index contributed by atoms with van der Waals surface area (Å²) < 4.78 is 0. The fourth-order valence-electron chi connectivity index (χ4n) is 0.940. The summed E-state index contributed by atoms with van der Waals surface area (Å²) >= 11 is 0. The van der Waals surface area contributed by atoms with Crippen molar-refractivity contribution in [3.63, 3.8) is 0 Å². The first kappa shape index (κ1) is 14.2. The van der Waals surface area contributed by atoms with E-state index in [0.717, 1.165) is 16.9 Å². The first-order chi connectivity index (χ1) is 7.63. The maximum absolute atomic E-state index is 8.77. The predicted octanol–water partition coefficient (Wildman–Crippen LogP) is 3.48. The Morgan fingerprint density at radius 1 is 1.25 bits per heavy atom. The van der Waals surface area contributed by atoms with Gasteiger partial charge in [-0.1, -0.05) is 44.0 Å². The molecular formula is C14H19NO. The van der Waals surface area contributed by atoms with Gasteiger partial charge in [0.1, 0.15) is 0 Å². The number of benzene rings is 1. The lowest BCUT2D eigenvalue weighted by atomic mass is 10.2. The van der Waals surface area contributed by atoms with Crippen LogP contribution < -0.4 is 5.32 Å². The summed E-state index contributed by atoms with van der Waals surface area (Å²) in [6.45, 7) is 12.4. The zero-order valence-corrected chi connectivity index (χ0v) is 9.74. The minimum Gasteiger partial charge on any atom is -0.392 e. The molecule has 0 unspecified atom stereocenters. The first-order valence-corrected chi connectivity index (χ1v) is 4.99. The molecule has 0 bridgehead atoms. The minimum atomic E-state index is 0.0906. The highest BCUT2D eigenvalue weighted by atomic mass is 16.3. The normalized spacial score (nSPS) is 8.38. The number of hydrogen-bond donors (Lipinski definition) is 2. The largest absolute Gasteiger partial charge is 0.392 e. The van der Waals surface area contributed by atoms with Crippen molar-refractivity contribution in [3.05, 3.63) is 67.4 Å². The quantitative estimate of drug-likeness (QED) is 0.757. The van der Waals surface area contributed by atoms with Crippen LogP contribution in [-0.4, -0.2) is 5.11 Å². The molecule has 0 radical (unpaired) electrons. The minimum absolute atomic E-state index is 0.0906. The summed E-state index contributed by atoms with van der Waals surface area (Å²) in [4.78, 5) is 0. The standard InChI is InChI=1S/C10H13NO.C4H6/c1-8(2)11-10-5-3-9(7-12)4-6-10;1-3-4-2/h3-6,11-12H,1,7H2,2H3;3-4H,1-2H2. The molecule has 0 saturated carbocycles. The molecule has 0 aliphatic rings. The second-order valence-electron chi connectivity index (χ2n) is 3.23. The number of rotatable bonds is 4. The van der Waals surface area contributed by atoms with Gasteiger partial charge in [-0.05, 0) is 24.6 Å². The van der Waals surface area contributed by atoms with Crippen molar-refractivity contribution in [1.82, 2.24) is 0 Å².